The quantitative estimate of drug-likeness (QED) is 0.609. The number of hydrogen-bond acceptors (Lipinski definition) is 4. The maximum atomic E-state index is 11.9. The lowest BCUT2D eigenvalue weighted by Gasteiger charge is -2.15. The molecule has 4 N–H and O–H groups in total. The van der Waals surface area contributed by atoms with Gasteiger partial charge in [-0.05, 0) is 37.0 Å². The van der Waals surface area contributed by atoms with E-state index in [0.29, 0.717) is 25.4 Å². The third kappa shape index (κ3) is 7.54. The predicted molar refractivity (Wildman–Crippen MR) is 98.6 cm³/mol. The molecule has 0 aromatic heterocycles. The largest absolute Gasteiger partial charge is 0.356 e. The van der Waals surface area contributed by atoms with Crippen molar-refractivity contribution in [3.05, 3.63) is 29.8 Å². The highest BCUT2D eigenvalue weighted by Gasteiger charge is 2.12. The minimum absolute atomic E-state index is 0.0438. The van der Waals surface area contributed by atoms with E-state index >= 15 is 0 Å². The third-order valence-corrected chi connectivity index (χ3v) is 5.56. The maximum absolute atomic E-state index is 11.9. The number of benzene rings is 1. The Balaban J connectivity index is 1.61. The molecule has 0 unspecified atom stereocenters. The molecular weight excluding hydrogens is 338 g/mol. The standard InChI is InChI=1S/C18H29N3O3S/c19-25(23,24)17-9-7-15(8-10-17)11-13-21-18(22)12-14-20-16-5-3-1-2-4-6-16/h7-10,16,20H,1-6,11-14H2,(H,21,22)(H2,19,23,24). The van der Waals surface area contributed by atoms with Crippen molar-refractivity contribution in [3.63, 3.8) is 0 Å². The number of carbonyl (C=O) groups excluding carboxylic acids is 1. The van der Waals surface area contributed by atoms with Crippen molar-refractivity contribution in [2.75, 3.05) is 13.1 Å². The van der Waals surface area contributed by atoms with Crippen molar-refractivity contribution in [1.29, 1.82) is 0 Å². The van der Waals surface area contributed by atoms with Crippen LogP contribution in [0.3, 0.4) is 0 Å². The molecule has 0 bridgehead atoms. The van der Waals surface area contributed by atoms with Gasteiger partial charge in [0.2, 0.25) is 15.9 Å². The summed E-state index contributed by atoms with van der Waals surface area (Å²) in [7, 11) is -3.65. The Morgan fingerprint density at radius 2 is 1.68 bits per heavy atom. The first-order chi connectivity index (χ1) is 11.9. The van der Waals surface area contributed by atoms with Gasteiger partial charge in [-0.3, -0.25) is 4.79 Å². The molecule has 1 amide bonds. The number of primary sulfonamides is 1. The Labute approximate surface area is 150 Å². The van der Waals surface area contributed by atoms with Crippen LogP contribution in [-0.2, 0) is 21.2 Å². The zero-order valence-electron chi connectivity index (χ0n) is 14.7. The number of hydrogen-bond donors (Lipinski definition) is 3. The molecule has 0 radical (unpaired) electrons. The Kier molecular flexibility index (Phi) is 7.87. The normalized spacial score (nSPS) is 16.4. The number of nitrogens with two attached hydrogens (primary N) is 1. The molecule has 6 nitrogen and oxygen atoms in total. The predicted octanol–water partition coefficient (Wildman–Crippen LogP) is 1.70. The molecule has 25 heavy (non-hydrogen) atoms. The molecule has 0 spiro atoms. The average Bonchev–Trinajstić information content (AvgIpc) is 2.83. The highest BCUT2D eigenvalue weighted by molar-refractivity contribution is 7.89. The smallest absolute Gasteiger partial charge is 0.238 e. The van der Waals surface area contributed by atoms with E-state index in [4.69, 9.17) is 5.14 Å². The lowest BCUT2D eigenvalue weighted by Crippen LogP contribution is -2.33. The summed E-state index contributed by atoms with van der Waals surface area (Å²) in [5.74, 6) is 0.0438. The summed E-state index contributed by atoms with van der Waals surface area (Å²) in [6.45, 7) is 1.26. The van der Waals surface area contributed by atoms with Gasteiger partial charge in [-0.2, -0.15) is 0 Å². The van der Waals surface area contributed by atoms with Crippen molar-refractivity contribution in [2.45, 2.75) is 62.3 Å². The molecule has 1 saturated carbocycles. The molecular formula is C18H29N3O3S. The van der Waals surface area contributed by atoms with Crippen LogP contribution in [0.2, 0.25) is 0 Å². The first-order valence-electron chi connectivity index (χ1n) is 9.07. The van der Waals surface area contributed by atoms with Crippen LogP contribution >= 0.6 is 0 Å². The monoisotopic (exact) mass is 367 g/mol. The number of rotatable bonds is 8. The first kappa shape index (κ1) is 19.9. The molecule has 0 aliphatic heterocycles. The van der Waals surface area contributed by atoms with Crippen LogP contribution in [0, 0.1) is 0 Å². The van der Waals surface area contributed by atoms with E-state index in [0.717, 1.165) is 12.1 Å². The van der Waals surface area contributed by atoms with E-state index in [1.54, 1.807) is 12.1 Å². The fourth-order valence-electron chi connectivity index (χ4n) is 3.15. The molecule has 140 valence electrons. The van der Waals surface area contributed by atoms with E-state index in [-0.39, 0.29) is 10.8 Å². The average molecular weight is 368 g/mol. The Bertz CT molecular complexity index is 636. The lowest BCUT2D eigenvalue weighted by molar-refractivity contribution is -0.120. The molecule has 1 aromatic rings. The van der Waals surface area contributed by atoms with Gasteiger partial charge in [-0.25, -0.2) is 13.6 Å². The summed E-state index contributed by atoms with van der Waals surface area (Å²) >= 11 is 0. The van der Waals surface area contributed by atoms with Gasteiger partial charge < -0.3 is 10.6 Å². The van der Waals surface area contributed by atoms with Crippen molar-refractivity contribution in [2.24, 2.45) is 5.14 Å². The summed E-state index contributed by atoms with van der Waals surface area (Å²) in [4.78, 5) is 12.0. The van der Waals surface area contributed by atoms with Crippen LogP contribution in [0.5, 0.6) is 0 Å². The SMILES string of the molecule is NS(=O)(=O)c1ccc(CCNC(=O)CCNC2CCCCCC2)cc1. The van der Waals surface area contributed by atoms with Gasteiger partial charge in [0.25, 0.3) is 0 Å². The summed E-state index contributed by atoms with van der Waals surface area (Å²) < 4.78 is 22.4. The Hall–Kier alpha value is -1.44. The molecule has 1 aliphatic carbocycles. The number of carbonyl (C=O) groups is 1. The summed E-state index contributed by atoms with van der Waals surface area (Å²) in [5.41, 5.74) is 0.962. The number of sulfonamides is 1. The van der Waals surface area contributed by atoms with Gasteiger partial charge in [-0.1, -0.05) is 37.8 Å². The van der Waals surface area contributed by atoms with E-state index in [1.807, 2.05) is 0 Å². The van der Waals surface area contributed by atoms with Gasteiger partial charge in [-0.15, -0.1) is 0 Å². The molecule has 2 rings (SSSR count). The van der Waals surface area contributed by atoms with Crippen LogP contribution in [-0.4, -0.2) is 33.5 Å². The van der Waals surface area contributed by atoms with Gasteiger partial charge >= 0.3 is 0 Å². The molecule has 1 fully saturated rings. The Morgan fingerprint density at radius 3 is 2.28 bits per heavy atom. The fraction of sp³-hybridized carbons (Fsp3) is 0.611. The number of nitrogens with one attached hydrogen (secondary N) is 2. The van der Waals surface area contributed by atoms with Gasteiger partial charge in [0, 0.05) is 25.6 Å². The summed E-state index contributed by atoms with van der Waals surface area (Å²) in [6, 6.07) is 6.98. The molecule has 0 atom stereocenters. The minimum atomic E-state index is -3.65. The zero-order chi connectivity index (χ0) is 18.1. The fourth-order valence-corrected chi connectivity index (χ4v) is 3.67. The molecule has 0 heterocycles. The summed E-state index contributed by atoms with van der Waals surface area (Å²) in [5, 5.41) is 11.5. The first-order valence-corrected chi connectivity index (χ1v) is 10.6. The van der Waals surface area contributed by atoms with Gasteiger partial charge in [0.15, 0.2) is 0 Å². The second-order valence-corrected chi connectivity index (χ2v) is 8.24. The van der Waals surface area contributed by atoms with Crippen molar-refractivity contribution >= 4 is 15.9 Å². The highest BCUT2D eigenvalue weighted by atomic mass is 32.2. The second kappa shape index (κ2) is 9.89. The zero-order valence-corrected chi connectivity index (χ0v) is 15.5. The lowest BCUT2D eigenvalue weighted by atomic mass is 10.1. The molecule has 1 aromatic carbocycles. The highest BCUT2D eigenvalue weighted by Crippen LogP contribution is 2.17. The Morgan fingerprint density at radius 1 is 1.04 bits per heavy atom. The van der Waals surface area contributed by atoms with E-state index in [2.05, 4.69) is 10.6 Å². The topological polar surface area (TPSA) is 101 Å². The molecule has 0 saturated heterocycles. The van der Waals surface area contributed by atoms with E-state index < -0.39 is 10.0 Å². The van der Waals surface area contributed by atoms with Crippen LogP contribution < -0.4 is 15.8 Å². The van der Waals surface area contributed by atoms with E-state index in [1.165, 1.54) is 50.7 Å². The van der Waals surface area contributed by atoms with Crippen molar-refractivity contribution < 1.29 is 13.2 Å². The minimum Gasteiger partial charge on any atom is -0.356 e. The van der Waals surface area contributed by atoms with Crippen molar-refractivity contribution in [3.8, 4) is 0 Å². The van der Waals surface area contributed by atoms with Gasteiger partial charge in [0.05, 0.1) is 4.90 Å². The van der Waals surface area contributed by atoms with Crippen molar-refractivity contribution in [1.82, 2.24) is 10.6 Å². The van der Waals surface area contributed by atoms with Crippen LogP contribution in [0.1, 0.15) is 50.5 Å². The van der Waals surface area contributed by atoms with Crippen LogP contribution in [0.15, 0.2) is 29.2 Å². The third-order valence-electron chi connectivity index (χ3n) is 4.63. The maximum Gasteiger partial charge on any atom is 0.238 e. The van der Waals surface area contributed by atoms with Crippen LogP contribution in [0.4, 0.5) is 0 Å². The second-order valence-electron chi connectivity index (χ2n) is 6.68. The van der Waals surface area contributed by atoms with Gasteiger partial charge in [0.1, 0.15) is 0 Å². The molecule has 1 aliphatic rings. The van der Waals surface area contributed by atoms with Crippen LogP contribution in [0.25, 0.3) is 0 Å². The summed E-state index contributed by atoms with van der Waals surface area (Å²) in [6.07, 6.45) is 8.82. The molecule has 7 heteroatoms. The number of amides is 1. The van der Waals surface area contributed by atoms with E-state index in [9.17, 15) is 13.2 Å².